The molecule has 0 heteroatoms. The van der Waals surface area contributed by atoms with Crippen LogP contribution in [0.3, 0.4) is 0 Å². The van der Waals surface area contributed by atoms with Crippen molar-refractivity contribution in [2.24, 2.45) is 0 Å². The molecule has 0 aromatic carbocycles. The highest BCUT2D eigenvalue weighted by Crippen LogP contribution is 2.19. The molecule has 0 N–H and O–H groups in total. The fourth-order valence-electron chi connectivity index (χ4n) is 1.72. The van der Waals surface area contributed by atoms with Crippen LogP contribution in [0.15, 0.2) is 96.2 Å². The van der Waals surface area contributed by atoms with Crippen LogP contribution in [0.25, 0.3) is 0 Å². The van der Waals surface area contributed by atoms with Crippen LogP contribution in [0, 0.1) is 0 Å². The number of hydrogen-bond donors (Lipinski definition) is 0. The van der Waals surface area contributed by atoms with Gasteiger partial charge in [-0.1, -0.05) is 74.8 Å². The predicted octanol–water partition coefficient (Wildman–Crippen LogP) is 6.65. The van der Waals surface area contributed by atoms with E-state index < -0.39 is 0 Å². The van der Waals surface area contributed by atoms with Gasteiger partial charge in [0.25, 0.3) is 0 Å². The summed E-state index contributed by atoms with van der Waals surface area (Å²) in [5, 5.41) is 0. The minimum Gasteiger partial charge on any atom is -0.0912 e. The normalized spacial score (nSPS) is 14.1. The smallest absolute Gasteiger partial charge is 0.0185 e. The molecule has 0 aliphatic carbocycles. The van der Waals surface area contributed by atoms with Gasteiger partial charge in [-0.15, -0.1) is 0 Å². The summed E-state index contributed by atoms with van der Waals surface area (Å²) < 4.78 is 0. The summed E-state index contributed by atoms with van der Waals surface area (Å²) >= 11 is 0. The summed E-state index contributed by atoms with van der Waals surface area (Å²) in [6.07, 6.45) is 21.6. The second kappa shape index (κ2) is 11.7. The monoisotopic (exact) mass is 280 g/mol. The van der Waals surface area contributed by atoms with E-state index in [9.17, 15) is 0 Å². The molecule has 0 aliphatic heterocycles. The van der Waals surface area contributed by atoms with Gasteiger partial charge in [0.2, 0.25) is 0 Å². The molecule has 0 aromatic heterocycles. The van der Waals surface area contributed by atoms with E-state index in [4.69, 9.17) is 0 Å². The van der Waals surface area contributed by atoms with Crippen LogP contribution in [0.1, 0.15) is 34.1 Å². The number of allylic oxidation sites excluding steroid dienone is 14. The molecule has 0 radical (unpaired) electrons. The third-order valence-corrected chi connectivity index (χ3v) is 2.86. The number of rotatable bonds is 8. The molecule has 0 fully saturated rings. The molecule has 0 amide bonds. The van der Waals surface area contributed by atoms with E-state index in [1.165, 1.54) is 5.57 Å². The third kappa shape index (κ3) is 7.94. The Hall–Kier alpha value is -2.08. The lowest BCUT2D eigenvalue weighted by molar-refractivity contribution is 1.22. The zero-order valence-corrected chi connectivity index (χ0v) is 13.9. The minimum atomic E-state index is 0.924. The molecular weight excluding hydrogens is 252 g/mol. The van der Waals surface area contributed by atoms with Gasteiger partial charge in [-0.3, -0.25) is 0 Å². The fraction of sp³-hybridized carbons (Fsp3) is 0.238. The molecule has 0 spiro atoms. The fourth-order valence-corrected chi connectivity index (χ4v) is 1.72. The van der Waals surface area contributed by atoms with Gasteiger partial charge in [-0.25, -0.2) is 0 Å². The Morgan fingerprint density at radius 3 is 1.95 bits per heavy atom. The summed E-state index contributed by atoms with van der Waals surface area (Å²) in [4.78, 5) is 0. The SMILES string of the molecule is C=C(/C=C\C=C/CC)C(=C)/C=C(\C=C/C)C(=CC)/C=C\C. The summed E-state index contributed by atoms with van der Waals surface area (Å²) in [6.45, 7) is 16.4. The molecule has 0 aromatic rings. The molecule has 0 heterocycles. The highest BCUT2D eigenvalue weighted by Gasteiger charge is 2.00. The van der Waals surface area contributed by atoms with Crippen LogP contribution in [0.4, 0.5) is 0 Å². The van der Waals surface area contributed by atoms with Gasteiger partial charge < -0.3 is 0 Å². The van der Waals surface area contributed by atoms with Crippen LogP contribution in [-0.4, -0.2) is 0 Å². The largest absolute Gasteiger partial charge is 0.0912 e. The van der Waals surface area contributed by atoms with E-state index in [1.807, 2.05) is 51.2 Å². The molecule has 112 valence electrons. The maximum atomic E-state index is 4.12. The second-order valence-electron chi connectivity index (χ2n) is 4.59. The van der Waals surface area contributed by atoms with Crippen molar-refractivity contribution in [2.45, 2.75) is 34.1 Å². The van der Waals surface area contributed by atoms with Crippen molar-refractivity contribution in [3.63, 3.8) is 0 Å². The Kier molecular flexibility index (Phi) is 10.6. The quantitative estimate of drug-likeness (QED) is 0.437. The molecule has 0 saturated carbocycles. The lowest BCUT2D eigenvalue weighted by Gasteiger charge is -2.06. The van der Waals surface area contributed by atoms with Crippen molar-refractivity contribution in [1.29, 1.82) is 0 Å². The van der Waals surface area contributed by atoms with Crippen molar-refractivity contribution in [1.82, 2.24) is 0 Å². The molecule has 0 unspecified atom stereocenters. The molecule has 0 atom stereocenters. The molecule has 21 heavy (non-hydrogen) atoms. The van der Waals surface area contributed by atoms with E-state index in [2.05, 4.69) is 50.5 Å². The van der Waals surface area contributed by atoms with Crippen molar-refractivity contribution >= 4 is 0 Å². The second-order valence-corrected chi connectivity index (χ2v) is 4.59. The molecule has 0 saturated heterocycles. The van der Waals surface area contributed by atoms with Gasteiger partial charge in [0.1, 0.15) is 0 Å². The Morgan fingerprint density at radius 2 is 1.43 bits per heavy atom. The zero-order valence-electron chi connectivity index (χ0n) is 13.9. The van der Waals surface area contributed by atoms with Gasteiger partial charge in [0, 0.05) is 0 Å². The molecule has 0 rings (SSSR count). The van der Waals surface area contributed by atoms with Crippen molar-refractivity contribution in [2.75, 3.05) is 0 Å². The van der Waals surface area contributed by atoms with Crippen LogP contribution in [0.2, 0.25) is 0 Å². The van der Waals surface area contributed by atoms with Crippen molar-refractivity contribution in [3.05, 3.63) is 96.2 Å². The maximum Gasteiger partial charge on any atom is -0.0185 e. The average molecular weight is 280 g/mol. The van der Waals surface area contributed by atoms with Gasteiger partial charge in [0.15, 0.2) is 0 Å². The Balaban J connectivity index is 5.21. The van der Waals surface area contributed by atoms with E-state index in [0.29, 0.717) is 0 Å². The highest BCUT2D eigenvalue weighted by molar-refractivity contribution is 5.54. The molecule has 0 aliphatic rings. The van der Waals surface area contributed by atoms with Crippen LogP contribution >= 0.6 is 0 Å². The van der Waals surface area contributed by atoms with Crippen molar-refractivity contribution in [3.8, 4) is 0 Å². The summed E-state index contributed by atoms with van der Waals surface area (Å²) in [7, 11) is 0. The Labute approximate surface area is 131 Å². The van der Waals surface area contributed by atoms with Crippen LogP contribution in [0.5, 0.6) is 0 Å². The topological polar surface area (TPSA) is 0 Å². The van der Waals surface area contributed by atoms with Crippen molar-refractivity contribution < 1.29 is 0 Å². The summed E-state index contributed by atoms with van der Waals surface area (Å²) in [6, 6.07) is 0. The van der Waals surface area contributed by atoms with Crippen LogP contribution in [-0.2, 0) is 0 Å². The number of hydrogen-bond acceptors (Lipinski definition) is 0. The first-order valence-electron chi connectivity index (χ1n) is 7.45. The van der Waals surface area contributed by atoms with E-state index in [1.54, 1.807) is 0 Å². The Bertz CT molecular complexity index is 514. The first kappa shape index (κ1) is 18.9. The zero-order chi connectivity index (χ0) is 16.1. The van der Waals surface area contributed by atoms with Gasteiger partial charge in [0.05, 0.1) is 0 Å². The third-order valence-electron chi connectivity index (χ3n) is 2.86. The van der Waals surface area contributed by atoms with Gasteiger partial charge in [-0.2, -0.15) is 0 Å². The first-order valence-corrected chi connectivity index (χ1v) is 7.45. The first-order chi connectivity index (χ1) is 10.1. The highest BCUT2D eigenvalue weighted by atomic mass is 14.0. The standard InChI is InChI=1S/C21H28/c1-7-11-12-13-16-18(5)19(6)17-21(15-9-3)20(10-4)14-8-2/h8-17H,5-7H2,1-4H3/b12-11-,14-8-,15-9-,16-13-,20-10?,21-17+. The molecule has 0 bridgehead atoms. The molecular formula is C21H28. The van der Waals surface area contributed by atoms with Gasteiger partial charge >= 0.3 is 0 Å². The maximum absolute atomic E-state index is 4.12. The average Bonchev–Trinajstić information content (AvgIpc) is 2.48. The van der Waals surface area contributed by atoms with E-state index in [-0.39, 0.29) is 0 Å². The lowest BCUT2D eigenvalue weighted by atomic mass is 9.99. The minimum absolute atomic E-state index is 0.924. The van der Waals surface area contributed by atoms with E-state index >= 15 is 0 Å². The summed E-state index contributed by atoms with van der Waals surface area (Å²) in [5.41, 5.74) is 4.17. The lowest BCUT2D eigenvalue weighted by Crippen LogP contribution is -1.87. The predicted molar refractivity (Wildman–Crippen MR) is 98.3 cm³/mol. The van der Waals surface area contributed by atoms with E-state index in [0.717, 1.165) is 23.1 Å². The summed E-state index contributed by atoms with van der Waals surface area (Å²) in [5.74, 6) is 0. The van der Waals surface area contributed by atoms with Gasteiger partial charge in [-0.05, 0) is 55.6 Å². The molecule has 0 nitrogen and oxygen atoms in total. The van der Waals surface area contributed by atoms with Crippen LogP contribution < -0.4 is 0 Å². The Morgan fingerprint density at radius 1 is 0.810 bits per heavy atom.